The van der Waals surface area contributed by atoms with Gasteiger partial charge in [-0.25, -0.2) is 0 Å². The Bertz CT molecular complexity index is 281. The number of hydrogen-bond donors (Lipinski definition) is 2. The highest BCUT2D eigenvalue weighted by Crippen LogP contribution is 1.95. The monoisotopic (exact) mass is 192 g/mol. The summed E-state index contributed by atoms with van der Waals surface area (Å²) in [5, 5.41) is 6.15. The van der Waals surface area contributed by atoms with E-state index in [0.29, 0.717) is 0 Å². The second-order valence-corrected chi connectivity index (χ2v) is 2.85. The zero-order valence-electron chi connectivity index (χ0n) is 8.62. The van der Waals surface area contributed by atoms with E-state index in [-0.39, 0.29) is 0 Å². The topological polar surface area (TPSA) is 49.3 Å². The predicted molar refractivity (Wildman–Crippen MR) is 58.4 cm³/mol. The molecule has 0 spiro atoms. The maximum absolute atomic E-state index is 4.02. The molecule has 4 heteroatoms. The van der Waals surface area contributed by atoms with Gasteiger partial charge in [0.25, 0.3) is 0 Å². The van der Waals surface area contributed by atoms with Crippen molar-refractivity contribution in [1.29, 1.82) is 0 Å². The van der Waals surface area contributed by atoms with Crippen LogP contribution in [0, 0.1) is 0 Å². The molecule has 0 unspecified atom stereocenters. The summed E-state index contributed by atoms with van der Waals surface area (Å²) in [4.78, 5) is 7.98. The highest BCUT2D eigenvalue weighted by atomic mass is 15.1. The summed E-state index contributed by atoms with van der Waals surface area (Å²) in [5.74, 6) is 0.819. The normalized spacial score (nSPS) is 11.1. The average molecular weight is 192 g/mol. The van der Waals surface area contributed by atoms with Gasteiger partial charge in [-0.2, -0.15) is 0 Å². The Labute approximate surface area is 84.5 Å². The number of hydrogen-bond acceptors (Lipinski definition) is 2. The molecule has 1 rings (SSSR count). The number of aromatic nitrogens is 1. The summed E-state index contributed by atoms with van der Waals surface area (Å²) in [7, 11) is 3.60. The molecule has 76 valence electrons. The number of nitrogens with zero attached hydrogens (tertiary/aromatic N) is 2. The Hall–Kier alpha value is -1.58. The summed E-state index contributed by atoms with van der Waals surface area (Å²) in [5.41, 5.74) is 1.28. The van der Waals surface area contributed by atoms with E-state index in [1.54, 1.807) is 7.05 Å². The fourth-order valence-electron chi connectivity index (χ4n) is 1.15. The van der Waals surface area contributed by atoms with Crippen molar-refractivity contribution in [3.05, 3.63) is 30.1 Å². The van der Waals surface area contributed by atoms with E-state index >= 15 is 0 Å². The van der Waals surface area contributed by atoms with Crippen molar-refractivity contribution in [3.8, 4) is 0 Å². The average Bonchev–Trinajstić information content (AvgIpc) is 2.26. The van der Waals surface area contributed by atoms with Crippen molar-refractivity contribution in [2.75, 3.05) is 20.6 Å². The Morgan fingerprint density at radius 1 is 1.43 bits per heavy atom. The van der Waals surface area contributed by atoms with Crippen LogP contribution < -0.4 is 10.6 Å². The standard InChI is InChI=1S/C10H16N4/c1-11-10(12-2)14-8-5-9-3-6-13-7-4-9/h3-4,6-7H,5,8H2,1-2H3,(H2,11,12,14). The van der Waals surface area contributed by atoms with Gasteiger partial charge in [-0.15, -0.1) is 0 Å². The molecule has 0 saturated carbocycles. The molecule has 0 aliphatic heterocycles. The van der Waals surface area contributed by atoms with Gasteiger partial charge in [0.2, 0.25) is 0 Å². The first-order chi connectivity index (χ1) is 6.86. The Kier molecular flexibility index (Phi) is 4.47. The van der Waals surface area contributed by atoms with E-state index in [2.05, 4.69) is 20.6 Å². The molecule has 0 atom stereocenters. The van der Waals surface area contributed by atoms with Gasteiger partial charge in [0.05, 0.1) is 0 Å². The second-order valence-electron chi connectivity index (χ2n) is 2.85. The van der Waals surface area contributed by atoms with Crippen LogP contribution in [0.3, 0.4) is 0 Å². The first kappa shape index (κ1) is 10.5. The van der Waals surface area contributed by atoms with Crippen LogP contribution in [0.2, 0.25) is 0 Å². The highest BCUT2D eigenvalue weighted by molar-refractivity contribution is 5.79. The lowest BCUT2D eigenvalue weighted by molar-refractivity contribution is 0.833. The smallest absolute Gasteiger partial charge is 0.190 e. The molecule has 0 fully saturated rings. The largest absolute Gasteiger partial charge is 0.359 e. The molecule has 0 saturated heterocycles. The van der Waals surface area contributed by atoms with Crippen LogP contribution in [0.1, 0.15) is 5.56 Å². The van der Waals surface area contributed by atoms with Crippen molar-refractivity contribution in [2.24, 2.45) is 4.99 Å². The molecule has 2 N–H and O–H groups in total. The molecular weight excluding hydrogens is 176 g/mol. The van der Waals surface area contributed by atoms with E-state index in [1.165, 1.54) is 5.56 Å². The number of pyridine rings is 1. The van der Waals surface area contributed by atoms with Crippen molar-refractivity contribution in [1.82, 2.24) is 15.6 Å². The number of rotatable bonds is 3. The van der Waals surface area contributed by atoms with Crippen molar-refractivity contribution in [2.45, 2.75) is 6.42 Å². The summed E-state index contributed by atoms with van der Waals surface area (Å²) in [6, 6.07) is 4.04. The predicted octanol–water partition coefficient (Wildman–Crippen LogP) is 0.419. The van der Waals surface area contributed by atoms with Crippen LogP contribution in [-0.4, -0.2) is 31.6 Å². The lowest BCUT2D eigenvalue weighted by Crippen LogP contribution is -2.35. The van der Waals surface area contributed by atoms with E-state index in [9.17, 15) is 0 Å². The van der Waals surface area contributed by atoms with Crippen LogP contribution in [0.25, 0.3) is 0 Å². The summed E-state index contributed by atoms with van der Waals surface area (Å²) in [6.07, 6.45) is 4.59. The zero-order valence-corrected chi connectivity index (χ0v) is 8.62. The highest BCUT2D eigenvalue weighted by Gasteiger charge is 1.93. The molecule has 1 aromatic heterocycles. The van der Waals surface area contributed by atoms with Gasteiger partial charge in [0.1, 0.15) is 0 Å². The second kappa shape index (κ2) is 5.96. The van der Waals surface area contributed by atoms with Crippen LogP contribution in [0.4, 0.5) is 0 Å². The van der Waals surface area contributed by atoms with E-state index in [1.807, 2.05) is 31.6 Å². The van der Waals surface area contributed by atoms with Gasteiger partial charge in [-0.05, 0) is 24.1 Å². The molecule has 0 radical (unpaired) electrons. The molecule has 1 heterocycles. The molecule has 14 heavy (non-hydrogen) atoms. The Morgan fingerprint density at radius 3 is 2.71 bits per heavy atom. The quantitative estimate of drug-likeness (QED) is 0.539. The van der Waals surface area contributed by atoms with E-state index in [0.717, 1.165) is 18.9 Å². The van der Waals surface area contributed by atoms with Crippen molar-refractivity contribution < 1.29 is 0 Å². The number of nitrogens with one attached hydrogen (secondary N) is 2. The van der Waals surface area contributed by atoms with Gasteiger partial charge in [-0.1, -0.05) is 0 Å². The summed E-state index contributed by atoms with van der Waals surface area (Å²) in [6.45, 7) is 0.873. The van der Waals surface area contributed by atoms with Gasteiger partial charge in [-0.3, -0.25) is 9.98 Å². The molecule has 0 aromatic carbocycles. The first-order valence-electron chi connectivity index (χ1n) is 4.64. The van der Waals surface area contributed by atoms with Gasteiger partial charge in [0.15, 0.2) is 5.96 Å². The van der Waals surface area contributed by atoms with Gasteiger partial charge >= 0.3 is 0 Å². The molecule has 0 amide bonds. The maximum atomic E-state index is 4.02. The Balaban J connectivity index is 2.29. The molecule has 0 aliphatic carbocycles. The third-order valence-electron chi connectivity index (χ3n) is 1.92. The van der Waals surface area contributed by atoms with Crippen LogP contribution in [0.15, 0.2) is 29.5 Å². The van der Waals surface area contributed by atoms with Crippen LogP contribution in [0.5, 0.6) is 0 Å². The van der Waals surface area contributed by atoms with Crippen molar-refractivity contribution in [3.63, 3.8) is 0 Å². The van der Waals surface area contributed by atoms with E-state index < -0.39 is 0 Å². The van der Waals surface area contributed by atoms with Crippen LogP contribution >= 0.6 is 0 Å². The third-order valence-corrected chi connectivity index (χ3v) is 1.92. The minimum Gasteiger partial charge on any atom is -0.359 e. The van der Waals surface area contributed by atoms with Gasteiger partial charge in [0, 0.05) is 33.0 Å². The fraction of sp³-hybridized carbons (Fsp3) is 0.400. The van der Waals surface area contributed by atoms with Gasteiger partial charge < -0.3 is 10.6 Å². The molecule has 0 bridgehead atoms. The first-order valence-corrected chi connectivity index (χ1v) is 4.64. The molecule has 1 aromatic rings. The zero-order chi connectivity index (χ0) is 10.2. The SMILES string of the molecule is CN=C(NC)NCCc1ccncc1. The number of guanidine groups is 1. The molecule has 4 nitrogen and oxygen atoms in total. The maximum Gasteiger partial charge on any atom is 0.190 e. The number of aliphatic imine (C=N–C) groups is 1. The van der Waals surface area contributed by atoms with Crippen LogP contribution in [-0.2, 0) is 6.42 Å². The minimum absolute atomic E-state index is 0.819. The van der Waals surface area contributed by atoms with Crippen molar-refractivity contribution >= 4 is 5.96 Å². The lowest BCUT2D eigenvalue weighted by atomic mass is 10.2. The lowest BCUT2D eigenvalue weighted by Gasteiger charge is -2.07. The summed E-state index contributed by atoms with van der Waals surface area (Å²) >= 11 is 0. The summed E-state index contributed by atoms with van der Waals surface area (Å²) < 4.78 is 0. The van der Waals surface area contributed by atoms with E-state index in [4.69, 9.17) is 0 Å². The molecular formula is C10H16N4. The minimum atomic E-state index is 0.819. The third kappa shape index (κ3) is 3.43. The molecule has 0 aliphatic rings. The Morgan fingerprint density at radius 2 is 2.14 bits per heavy atom. The fourth-order valence-corrected chi connectivity index (χ4v) is 1.15.